The third-order valence-corrected chi connectivity index (χ3v) is 5.00. The van der Waals surface area contributed by atoms with Gasteiger partial charge in [-0.3, -0.25) is 4.72 Å². The van der Waals surface area contributed by atoms with E-state index in [4.69, 9.17) is 9.52 Å². The number of aryl methyl sites for hydroxylation is 1. The van der Waals surface area contributed by atoms with Gasteiger partial charge in [-0.1, -0.05) is 19.1 Å². The van der Waals surface area contributed by atoms with Crippen molar-refractivity contribution in [3.8, 4) is 0 Å². The maximum atomic E-state index is 12.2. The minimum Gasteiger partial charge on any atom is -0.450 e. The smallest absolute Gasteiger partial charge is 0.266 e. The Morgan fingerprint density at radius 2 is 1.95 bits per heavy atom. The number of aliphatic hydroxyl groups is 1. The van der Waals surface area contributed by atoms with Crippen molar-refractivity contribution in [3.63, 3.8) is 0 Å². The van der Waals surface area contributed by atoms with Gasteiger partial charge in [0.2, 0.25) is 0 Å². The number of hydrogen-bond acceptors (Lipinski definition) is 4. The number of hydrogen-bond donors (Lipinski definition) is 2. The van der Waals surface area contributed by atoms with Crippen LogP contribution in [0.2, 0.25) is 0 Å². The lowest BCUT2D eigenvalue weighted by Crippen LogP contribution is -2.12. The minimum atomic E-state index is -3.75. The lowest BCUT2D eigenvalue weighted by molar-refractivity contribution is 0.245. The minimum absolute atomic E-state index is 0.0406. The number of rotatable bonds is 5. The van der Waals surface area contributed by atoms with Gasteiger partial charge in [0.05, 0.1) is 0 Å². The summed E-state index contributed by atoms with van der Waals surface area (Å²) in [5.41, 5.74) is 1.60. The van der Waals surface area contributed by atoms with Crippen LogP contribution in [0.1, 0.15) is 18.2 Å². The predicted molar refractivity (Wildman–Crippen MR) is 79.0 cm³/mol. The van der Waals surface area contributed by atoms with E-state index in [1.54, 1.807) is 12.1 Å². The molecule has 1 aromatic carbocycles. The molecule has 108 valence electrons. The number of sulfonamides is 1. The van der Waals surface area contributed by atoms with Gasteiger partial charge >= 0.3 is 0 Å². The average Bonchev–Trinajstić information content (AvgIpc) is 2.81. The zero-order chi connectivity index (χ0) is 14.8. The van der Waals surface area contributed by atoms with Crippen LogP contribution in [0, 0.1) is 0 Å². The summed E-state index contributed by atoms with van der Waals surface area (Å²) in [5.74, 6) is 0.179. The third-order valence-electron chi connectivity index (χ3n) is 2.77. The van der Waals surface area contributed by atoms with Crippen LogP contribution in [0.3, 0.4) is 0 Å². The fraction of sp³-hybridized carbons (Fsp3) is 0.231. The van der Waals surface area contributed by atoms with E-state index >= 15 is 0 Å². The van der Waals surface area contributed by atoms with Gasteiger partial charge in [-0.25, -0.2) is 8.42 Å². The Kier molecular flexibility index (Phi) is 4.52. The first kappa shape index (κ1) is 15.1. The molecule has 20 heavy (non-hydrogen) atoms. The first-order valence-electron chi connectivity index (χ1n) is 5.97. The predicted octanol–water partition coefficient (Wildman–Crippen LogP) is 2.90. The van der Waals surface area contributed by atoms with E-state index in [1.807, 2.05) is 19.1 Å². The quantitative estimate of drug-likeness (QED) is 0.859. The van der Waals surface area contributed by atoms with Gasteiger partial charge in [0.15, 0.2) is 4.67 Å². The Bertz CT molecular complexity index is 692. The zero-order valence-electron chi connectivity index (χ0n) is 10.8. The van der Waals surface area contributed by atoms with Crippen molar-refractivity contribution in [2.75, 3.05) is 4.72 Å². The maximum absolute atomic E-state index is 12.2. The summed E-state index contributed by atoms with van der Waals surface area (Å²) in [4.78, 5) is -0.0406. The van der Waals surface area contributed by atoms with Crippen LogP contribution in [0.5, 0.6) is 0 Å². The van der Waals surface area contributed by atoms with E-state index in [-0.39, 0.29) is 21.9 Å². The molecule has 0 bridgehead atoms. The number of benzene rings is 1. The molecule has 0 atom stereocenters. The van der Waals surface area contributed by atoms with Crippen molar-refractivity contribution in [2.45, 2.75) is 24.8 Å². The number of anilines is 1. The summed E-state index contributed by atoms with van der Waals surface area (Å²) in [7, 11) is -3.75. The van der Waals surface area contributed by atoms with Gasteiger partial charge in [0.25, 0.3) is 10.0 Å². The standard InChI is InChI=1S/C13H14BrNO4S/c1-2-9-3-5-10(6-4-9)15-20(17,18)12-7-11(8-16)19-13(12)14/h3-7,15-16H,2,8H2,1H3. The summed E-state index contributed by atoms with van der Waals surface area (Å²) >= 11 is 3.03. The van der Waals surface area contributed by atoms with E-state index in [0.29, 0.717) is 5.69 Å². The molecule has 1 aromatic heterocycles. The van der Waals surface area contributed by atoms with Crippen LogP contribution in [-0.2, 0) is 23.1 Å². The van der Waals surface area contributed by atoms with E-state index < -0.39 is 10.0 Å². The van der Waals surface area contributed by atoms with Crippen LogP contribution in [0.15, 0.2) is 44.3 Å². The maximum Gasteiger partial charge on any atom is 0.266 e. The fourth-order valence-corrected chi connectivity index (χ4v) is 3.74. The highest BCUT2D eigenvalue weighted by atomic mass is 79.9. The lowest BCUT2D eigenvalue weighted by atomic mass is 10.2. The molecule has 0 aliphatic rings. The SMILES string of the molecule is CCc1ccc(NS(=O)(=O)c2cc(CO)oc2Br)cc1. The highest BCUT2D eigenvalue weighted by Crippen LogP contribution is 2.28. The van der Waals surface area contributed by atoms with Crippen LogP contribution in [-0.4, -0.2) is 13.5 Å². The molecule has 0 radical (unpaired) electrons. The number of nitrogens with one attached hydrogen (secondary N) is 1. The molecule has 2 N–H and O–H groups in total. The summed E-state index contributed by atoms with van der Waals surface area (Å²) in [5, 5.41) is 8.96. The molecule has 0 saturated heterocycles. The Morgan fingerprint density at radius 3 is 2.45 bits per heavy atom. The second-order valence-electron chi connectivity index (χ2n) is 4.16. The number of furan rings is 1. The van der Waals surface area contributed by atoms with Crippen molar-refractivity contribution in [2.24, 2.45) is 0 Å². The lowest BCUT2D eigenvalue weighted by Gasteiger charge is -2.07. The van der Waals surface area contributed by atoms with Gasteiger partial charge in [0.1, 0.15) is 17.3 Å². The first-order chi connectivity index (χ1) is 9.46. The molecule has 7 heteroatoms. The van der Waals surface area contributed by atoms with Gasteiger partial charge < -0.3 is 9.52 Å². The monoisotopic (exact) mass is 359 g/mol. The summed E-state index contributed by atoms with van der Waals surface area (Å²) in [6.45, 7) is 1.66. The van der Waals surface area contributed by atoms with E-state index in [1.165, 1.54) is 6.07 Å². The van der Waals surface area contributed by atoms with E-state index in [0.717, 1.165) is 12.0 Å². The van der Waals surface area contributed by atoms with Crippen molar-refractivity contribution < 1.29 is 17.9 Å². The van der Waals surface area contributed by atoms with Gasteiger partial charge in [0, 0.05) is 11.8 Å². The third kappa shape index (κ3) is 3.23. The summed E-state index contributed by atoms with van der Waals surface area (Å²) in [6, 6.07) is 8.42. The molecular formula is C13H14BrNO4S. The molecule has 0 unspecified atom stereocenters. The second-order valence-corrected chi connectivity index (χ2v) is 6.54. The van der Waals surface area contributed by atoms with Crippen LogP contribution in [0.25, 0.3) is 0 Å². The van der Waals surface area contributed by atoms with Crippen molar-refractivity contribution in [1.29, 1.82) is 0 Å². The normalized spacial score (nSPS) is 11.6. The molecular weight excluding hydrogens is 346 g/mol. The van der Waals surface area contributed by atoms with E-state index in [2.05, 4.69) is 20.7 Å². The second kappa shape index (κ2) is 5.99. The molecule has 2 aromatic rings. The van der Waals surface area contributed by atoms with Crippen LogP contribution >= 0.6 is 15.9 Å². The topological polar surface area (TPSA) is 79.5 Å². The summed E-state index contributed by atoms with van der Waals surface area (Å²) < 4.78 is 32.1. The Morgan fingerprint density at radius 1 is 1.30 bits per heavy atom. The molecule has 0 spiro atoms. The highest BCUT2D eigenvalue weighted by molar-refractivity contribution is 9.10. The molecule has 0 aliphatic carbocycles. The van der Waals surface area contributed by atoms with Crippen molar-refractivity contribution in [3.05, 3.63) is 46.3 Å². The fourth-order valence-electron chi connectivity index (χ4n) is 1.68. The van der Waals surface area contributed by atoms with Crippen LogP contribution in [0.4, 0.5) is 5.69 Å². The highest BCUT2D eigenvalue weighted by Gasteiger charge is 2.22. The summed E-state index contributed by atoms with van der Waals surface area (Å²) in [6.07, 6.45) is 0.889. The van der Waals surface area contributed by atoms with Crippen molar-refractivity contribution >= 4 is 31.6 Å². The van der Waals surface area contributed by atoms with Gasteiger partial charge in [-0.2, -0.15) is 0 Å². The Labute approximate surface area is 125 Å². The molecule has 2 rings (SSSR count). The molecule has 5 nitrogen and oxygen atoms in total. The Hall–Kier alpha value is -1.31. The number of aliphatic hydroxyl groups excluding tert-OH is 1. The first-order valence-corrected chi connectivity index (χ1v) is 8.24. The zero-order valence-corrected chi connectivity index (χ0v) is 13.2. The molecule has 0 amide bonds. The molecule has 0 fully saturated rings. The number of halogens is 1. The largest absolute Gasteiger partial charge is 0.450 e. The molecule has 1 heterocycles. The van der Waals surface area contributed by atoms with Gasteiger partial charge in [-0.15, -0.1) is 0 Å². The molecule has 0 aliphatic heterocycles. The van der Waals surface area contributed by atoms with Gasteiger partial charge in [-0.05, 0) is 40.0 Å². The average molecular weight is 360 g/mol. The Balaban J connectivity index is 2.27. The van der Waals surface area contributed by atoms with Crippen LogP contribution < -0.4 is 4.72 Å². The van der Waals surface area contributed by atoms with E-state index in [9.17, 15) is 8.42 Å². The molecule has 0 saturated carbocycles. The van der Waals surface area contributed by atoms with Crippen molar-refractivity contribution in [1.82, 2.24) is 0 Å².